The minimum Gasteiger partial charge on any atom is -0.493 e. The van der Waals surface area contributed by atoms with Crippen LogP contribution in [0.5, 0.6) is 5.75 Å². The van der Waals surface area contributed by atoms with Crippen LogP contribution in [0.2, 0.25) is 0 Å². The molecule has 1 saturated carbocycles. The number of rotatable bonds is 4. The number of halogens is 1. The molecular weight excluding hydrogens is 347 g/mol. The van der Waals surface area contributed by atoms with Crippen LogP contribution in [0.4, 0.5) is 0 Å². The van der Waals surface area contributed by atoms with E-state index >= 15 is 0 Å². The average molecular weight is 364 g/mol. The summed E-state index contributed by atoms with van der Waals surface area (Å²) in [6.07, 6.45) is 1.26. The Bertz CT molecular complexity index is 544. The van der Waals surface area contributed by atoms with E-state index in [9.17, 15) is 0 Å². The molecule has 0 spiro atoms. The van der Waals surface area contributed by atoms with Gasteiger partial charge in [-0.15, -0.1) is 0 Å². The van der Waals surface area contributed by atoms with Crippen molar-refractivity contribution in [2.45, 2.75) is 19.3 Å². The summed E-state index contributed by atoms with van der Waals surface area (Å²) in [5.41, 5.74) is 2.79. The molecule has 0 aromatic heterocycles. The molecule has 0 radical (unpaired) electrons. The fraction of sp³-hybridized carbons (Fsp3) is 0.294. The summed E-state index contributed by atoms with van der Waals surface area (Å²) in [6.45, 7) is 2.97. The molecule has 0 bridgehead atoms. The minimum absolute atomic E-state index is 0.682. The summed E-state index contributed by atoms with van der Waals surface area (Å²) in [5, 5.41) is 0. The Labute approximate surface area is 128 Å². The van der Waals surface area contributed by atoms with Crippen molar-refractivity contribution in [3.05, 3.63) is 63.2 Å². The molecule has 1 nitrogen and oxygen atoms in total. The lowest BCUT2D eigenvalue weighted by Gasteiger charge is -2.06. The molecule has 2 aromatic rings. The molecule has 19 heavy (non-hydrogen) atoms. The van der Waals surface area contributed by atoms with Gasteiger partial charge in [0.15, 0.2) is 0 Å². The van der Waals surface area contributed by atoms with Gasteiger partial charge in [-0.05, 0) is 71.7 Å². The topological polar surface area (TPSA) is 9.23 Å². The molecule has 98 valence electrons. The lowest BCUT2D eigenvalue weighted by Crippen LogP contribution is -2.00. The van der Waals surface area contributed by atoms with E-state index < -0.39 is 0 Å². The summed E-state index contributed by atoms with van der Waals surface area (Å²) >= 11 is 2.31. The number of hydrogen-bond acceptors (Lipinski definition) is 1. The maximum atomic E-state index is 5.86. The predicted molar refractivity (Wildman–Crippen MR) is 86.7 cm³/mol. The second-order valence-electron chi connectivity index (χ2n) is 5.28. The summed E-state index contributed by atoms with van der Waals surface area (Å²) in [7, 11) is 0. The first-order valence-electron chi connectivity index (χ1n) is 6.67. The third-order valence-electron chi connectivity index (χ3n) is 3.71. The normalized spacial score (nSPS) is 21.2. The number of hydrogen-bond donors (Lipinski definition) is 0. The van der Waals surface area contributed by atoms with Crippen LogP contribution in [-0.4, -0.2) is 6.61 Å². The standard InChI is InChI=1S/C17H17IO/c1-12-2-4-13(5-3-12)17-10-14(17)11-19-16-8-6-15(18)7-9-16/h2-9,14,17H,10-11H2,1H3. The average Bonchev–Trinajstić information content (AvgIpc) is 3.19. The monoisotopic (exact) mass is 364 g/mol. The lowest BCUT2D eigenvalue weighted by atomic mass is 10.1. The van der Waals surface area contributed by atoms with E-state index in [0.717, 1.165) is 12.4 Å². The maximum Gasteiger partial charge on any atom is 0.119 e. The Kier molecular flexibility index (Phi) is 3.78. The highest BCUT2D eigenvalue weighted by Gasteiger charge is 2.38. The smallest absolute Gasteiger partial charge is 0.119 e. The van der Waals surface area contributed by atoms with E-state index in [0.29, 0.717) is 11.8 Å². The third-order valence-corrected chi connectivity index (χ3v) is 4.42. The van der Waals surface area contributed by atoms with Gasteiger partial charge in [0.2, 0.25) is 0 Å². The van der Waals surface area contributed by atoms with Crippen LogP contribution in [0, 0.1) is 16.4 Å². The van der Waals surface area contributed by atoms with E-state index in [1.165, 1.54) is 21.1 Å². The molecule has 2 aromatic carbocycles. The van der Waals surface area contributed by atoms with Crippen LogP contribution in [0.3, 0.4) is 0 Å². The molecule has 0 amide bonds. The van der Waals surface area contributed by atoms with Gasteiger partial charge in [-0.2, -0.15) is 0 Å². The highest BCUT2D eigenvalue weighted by Crippen LogP contribution is 2.47. The molecule has 1 aliphatic rings. The quantitative estimate of drug-likeness (QED) is 0.710. The lowest BCUT2D eigenvalue weighted by molar-refractivity contribution is 0.297. The fourth-order valence-corrected chi connectivity index (χ4v) is 2.75. The second kappa shape index (κ2) is 5.53. The van der Waals surface area contributed by atoms with Crippen molar-refractivity contribution >= 4 is 22.6 Å². The van der Waals surface area contributed by atoms with Crippen molar-refractivity contribution in [3.63, 3.8) is 0 Å². The van der Waals surface area contributed by atoms with Crippen LogP contribution < -0.4 is 4.74 Å². The molecule has 1 fully saturated rings. The molecule has 2 atom stereocenters. The molecule has 0 aliphatic heterocycles. The molecular formula is C17H17IO. The zero-order valence-corrected chi connectivity index (χ0v) is 13.1. The largest absolute Gasteiger partial charge is 0.493 e. The van der Waals surface area contributed by atoms with Gasteiger partial charge in [-0.1, -0.05) is 29.8 Å². The number of ether oxygens (including phenoxy) is 1. The molecule has 0 saturated heterocycles. The van der Waals surface area contributed by atoms with Gasteiger partial charge in [0.25, 0.3) is 0 Å². The van der Waals surface area contributed by atoms with Crippen LogP contribution in [0.15, 0.2) is 48.5 Å². The van der Waals surface area contributed by atoms with Gasteiger partial charge in [-0.25, -0.2) is 0 Å². The minimum atomic E-state index is 0.682. The van der Waals surface area contributed by atoms with Gasteiger partial charge in [0.05, 0.1) is 6.61 Å². The Balaban J connectivity index is 1.53. The summed E-state index contributed by atoms with van der Waals surface area (Å²) in [4.78, 5) is 0. The van der Waals surface area contributed by atoms with Gasteiger partial charge in [0.1, 0.15) is 5.75 Å². The Hall–Kier alpha value is -1.03. The molecule has 0 N–H and O–H groups in total. The first kappa shape index (κ1) is 13.0. The Morgan fingerprint density at radius 2 is 1.74 bits per heavy atom. The van der Waals surface area contributed by atoms with E-state index in [1.807, 2.05) is 12.1 Å². The Morgan fingerprint density at radius 1 is 1.05 bits per heavy atom. The molecule has 0 heterocycles. The van der Waals surface area contributed by atoms with Crippen molar-refractivity contribution in [1.82, 2.24) is 0 Å². The molecule has 3 rings (SSSR count). The summed E-state index contributed by atoms with van der Waals surface area (Å²) in [5.74, 6) is 2.36. The first-order chi connectivity index (χ1) is 9.22. The van der Waals surface area contributed by atoms with Crippen molar-refractivity contribution in [2.24, 2.45) is 5.92 Å². The highest BCUT2D eigenvalue weighted by molar-refractivity contribution is 14.1. The third kappa shape index (κ3) is 3.30. The Morgan fingerprint density at radius 3 is 2.42 bits per heavy atom. The summed E-state index contributed by atoms with van der Waals surface area (Å²) < 4.78 is 7.10. The van der Waals surface area contributed by atoms with Crippen molar-refractivity contribution in [1.29, 1.82) is 0 Å². The zero-order valence-electron chi connectivity index (χ0n) is 11.0. The van der Waals surface area contributed by atoms with Crippen LogP contribution in [-0.2, 0) is 0 Å². The number of benzene rings is 2. The van der Waals surface area contributed by atoms with E-state index in [4.69, 9.17) is 4.74 Å². The van der Waals surface area contributed by atoms with Crippen LogP contribution >= 0.6 is 22.6 Å². The number of aryl methyl sites for hydroxylation is 1. The van der Waals surface area contributed by atoms with Gasteiger partial charge < -0.3 is 4.74 Å². The van der Waals surface area contributed by atoms with Crippen LogP contribution in [0.1, 0.15) is 23.5 Å². The van der Waals surface area contributed by atoms with Crippen molar-refractivity contribution in [2.75, 3.05) is 6.61 Å². The fourth-order valence-electron chi connectivity index (χ4n) is 2.39. The highest BCUT2D eigenvalue weighted by atomic mass is 127. The van der Waals surface area contributed by atoms with E-state index in [1.54, 1.807) is 0 Å². The SMILES string of the molecule is Cc1ccc(C2CC2COc2ccc(I)cc2)cc1. The van der Waals surface area contributed by atoms with E-state index in [2.05, 4.69) is 65.9 Å². The van der Waals surface area contributed by atoms with Crippen LogP contribution in [0.25, 0.3) is 0 Å². The van der Waals surface area contributed by atoms with Gasteiger partial charge in [-0.3, -0.25) is 0 Å². The first-order valence-corrected chi connectivity index (χ1v) is 7.75. The van der Waals surface area contributed by atoms with Crippen molar-refractivity contribution < 1.29 is 4.74 Å². The molecule has 2 heteroatoms. The summed E-state index contributed by atoms with van der Waals surface area (Å²) in [6, 6.07) is 17.2. The molecule has 1 aliphatic carbocycles. The van der Waals surface area contributed by atoms with Gasteiger partial charge in [0, 0.05) is 9.49 Å². The van der Waals surface area contributed by atoms with E-state index in [-0.39, 0.29) is 0 Å². The van der Waals surface area contributed by atoms with Crippen molar-refractivity contribution in [3.8, 4) is 5.75 Å². The maximum absolute atomic E-state index is 5.86. The predicted octanol–water partition coefficient (Wildman–Crippen LogP) is 4.78. The second-order valence-corrected chi connectivity index (χ2v) is 6.52. The van der Waals surface area contributed by atoms with Gasteiger partial charge >= 0.3 is 0 Å². The zero-order chi connectivity index (χ0) is 13.2. The molecule has 2 unspecified atom stereocenters.